The Balaban J connectivity index is 2.62. The highest BCUT2D eigenvalue weighted by Gasteiger charge is 2.15. The highest BCUT2D eigenvalue weighted by molar-refractivity contribution is 6.44. The highest BCUT2D eigenvalue weighted by Crippen LogP contribution is 2.35. The number of rotatable bonds is 3. The number of carboxylic acids is 1. The number of carbonyl (C=O) groups is 2. The summed E-state index contributed by atoms with van der Waals surface area (Å²) in [6.45, 7) is 0. The zero-order chi connectivity index (χ0) is 13.3. The van der Waals surface area contributed by atoms with Gasteiger partial charge in [-0.15, -0.1) is 0 Å². The SMILES string of the molecule is O=Cc1ccc(-c2cc(C(=O)O)cc(Cl)c2Cl)o1. The normalized spacial score (nSPS) is 10.3. The third-order valence-electron chi connectivity index (χ3n) is 2.28. The van der Waals surface area contributed by atoms with Crippen LogP contribution < -0.4 is 0 Å². The Hall–Kier alpha value is -1.78. The van der Waals surface area contributed by atoms with Crippen molar-refractivity contribution in [3.63, 3.8) is 0 Å². The lowest BCUT2D eigenvalue weighted by Crippen LogP contribution is -1.97. The molecule has 6 heteroatoms. The molecule has 92 valence electrons. The van der Waals surface area contributed by atoms with Crippen molar-refractivity contribution in [2.45, 2.75) is 0 Å². The maximum absolute atomic E-state index is 10.9. The summed E-state index contributed by atoms with van der Waals surface area (Å²) in [6, 6.07) is 5.57. The molecule has 0 aliphatic rings. The van der Waals surface area contributed by atoms with Crippen molar-refractivity contribution in [3.8, 4) is 11.3 Å². The Bertz CT molecular complexity index is 631. The molecule has 2 aromatic rings. The zero-order valence-electron chi connectivity index (χ0n) is 8.81. The predicted octanol–water partition coefficient (Wildman–Crippen LogP) is 3.76. The molecule has 1 N–H and O–H groups in total. The van der Waals surface area contributed by atoms with Gasteiger partial charge in [0.15, 0.2) is 12.0 Å². The second-order valence-electron chi connectivity index (χ2n) is 3.44. The molecule has 0 fully saturated rings. The van der Waals surface area contributed by atoms with Gasteiger partial charge < -0.3 is 9.52 Å². The molecular weight excluding hydrogens is 279 g/mol. The van der Waals surface area contributed by atoms with Crippen LogP contribution in [0, 0.1) is 0 Å². The van der Waals surface area contributed by atoms with Crippen molar-refractivity contribution < 1.29 is 19.1 Å². The molecule has 0 saturated carbocycles. The zero-order valence-corrected chi connectivity index (χ0v) is 10.3. The van der Waals surface area contributed by atoms with Crippen LogP contribution >= 0.6 is 23.2 Å². The van der Waals surface area contributed by atoms with Crippen molar-refractivity contribution in [2.75, 3.05) is 0 Å². The van der Waals surface area contributed by atoms with E-state index in [1.165, 1.54) is 24.3 Å². The van der Waals surface area contributed by atoms with Crippen molar-refractivity contribution >= 4 is 35.5 Å². The topological polar surface area (TPSA) is 67.5 Å². The third-order valence-corrected chi connectivity index (χ3v) is 3.09. The van der Waals surface area contributed by atoms with Gasteiger partial charge in [0.1, 0.15) is 5.76 Å². The van der Waals surface area contributed by atoms with E-state index in [0.717, 1.165) is 0 Å². The molecule has 1 heterocycles. The van der Waals surface area contributed by atoms with Gasteiger partial charge in [0, 0.05) is 5.56 Å². The monoisotopic (exact) mass is 284 g/mol. The van der Waals surface area contributed by atoms with E-state index >= 15 is 0 Å². The van der Waals surface area contributed by atoms with Crippen LogP contribution in [0.3, 0.4) is 0 Å². The fourth-order valence-electron chi connectivity index (χ4n) is 1.45. The van der Waals surface area contributed by atoms with Crippen LogP contribution in [0.15, 0.2) is 28.7 Å². The van der Waals surface area contributed by atoms with Gasteiger partial charge in [-0.3, -0.25) is 4.79 Å². The molecule has 0 amide bonds. The summed E-state index contributed by atoms with van der Waals surface area (Å²) in [5, 5.41) is 9.22. The quantitative estimate of drug-likeness (QED) is 0.872. The molecule has 18 heavy (non-hydrogen) atoms. The van der Waals surface area contributed by atoms with Gasteiger partial charge in [-0.2, -0.15) is 0 Å². The maximum Gasteiger partial charge on any atom is 0.335 e. The Labute approximate surface area is 112 Å². The molecule has 4 nitrogen and oxygen atoms in total. The van der Waals surface area contributed by atoms with Crippen LogP contribution in [-0.2, 0) is 0 Å². The molecule has 0 saturated heterocycles. The number of carbonyl (C=O) groups excluding carboxylic acids is 1. The number of hydrogen-bond acceptors (Lipinski definition) is 3. The molecule has 1 aromatic heterocycles. The number of furan rings is 1. The number of halogens is 2. The van der Waals surface area contributed by atoms with Crippen molar-refractivity contribution in [3.05, 3.63) is 45.6 Å². The minimum atomic E-state index is -1.13. The largest absolute Gasteiger partial charge is 0.478 e. The van der Waals surface area contributed by atoms with Gasteiger partial charge in [0.25, 0.3) is 0 Å². The van der Waals surface area contributed by atoms with Crippen molar-refractivity contribution in [1.82, 2.24) is 0 Å². The van der Waals surface area contributed by atoms with E-state index in [-0.39, 0.29) is 27.1 Å². The number of aldehydes is 1. The molecule has 0 atom stereocenters. The predicted molar refractivity (Wildman–Crippen MR) is 66.5 cm³/mol. The Morgan fingerprint density at radius 3 is 2.56 bits per heavy atom. The summed E-state index contributed by atoms with van der Waals surface area (Å²) in [7, 11) is 0. The standard InChI is InChI=1S/C12H6Cl2O4/c13-9-4-6(12(16)17)3-8(11(9)14)10-2-1-7(5-15)18-10/h1-5H,(H,16,17). The molecule has 2 rings (SSSR count). The highest BCUT2D eigenvalue weighted by atomic mass is 35.5. The fourth-order valence-corrected chi connectivity index (χ4v) is 1.87. The van der Waals surface area contributed by atoms with E-state index in [0.29, 0.717) is 11.8 Å². The van der Waals surface area contributed by atoms with Crippen LogP contribution in [0.5, 0.6) is 0 Å². The molecule has 0 bridgehead atoms. The summed E-state index contributed by atoms with van der Waals surface area (Å²) in [4.78, 5) is 21.5. The first kappa shape index (κ1) is 12.7. The van der Waals surface area contributed by atoms with Gasteiger partial charge in [0.2, 0.25) is 0 Å². The number of aromatic carboxylic acids is 1. The van der Waals surface area contributed by atoms with E-state index in [1.54, 1.807) is 0 Å². The lowest BCUT2D eigenvalue weighted by Gasteiger charge is -2.05. The minimum absolute atomic E-state index is 0.0107. The van der Waals surface area contributed by atoms with Crippen molar-refractivity contribution in [1.29, 1.82) is 0 Å². The summed E-state index contributed by atoms with van der Waals surface area (Å²) >= 11 is 11.8. The van der Waals surface area contributed by atoms with Gasteiger partial charge >= 0.3 is 5.97 Å². The van der Waals surface area contributed by atoms with E-state index in [9.17, 15) is 9.59 Å². The second-order valence-corrected chi connectivity index (χ2v) is 4.23. The number of carboxylic acid groups (broad SMARTS) is 1. The molecule has 0 spiro atoms. The first-order chi connectivity index (χ1) is 8.52. The summed E-state index contributed by atoms with van der Waals surface area (Å²) < 4.78 is 5.19. The van der Waals surface area contributed by atoms with Gasteiger partial charge in [-0.05, 0) is 24.3 Å². The fraction of sp³-hybridized carbons (Fsp3) is 0. The molecule has 0 aliphatic heterocycles. The average Bonchev–Trinajstić information content (AvgIpc) is 2.80. The molecule has 1 aromatic carbocycles. The molecule has 0 aliphatic carbocycles. The Morgan fingerprint density at radius 1 is 1.28 bits per heavy atom. The van der Waals surface area contributed by atoms with E-state index in [4.69, 9.17) is 32.7 Å². The Kier molecular flexibility index (Phi) is 3.41. The molecule has 0 unspecified atom stereocenters. The smallest absolute Gasteiger partial charge is 0.335 e. The van der Waals surface area contributed by atoms with Crippen molar-refractivity contribution in [2.24, 2.45) is 0 Å². The van der Waals surface area contributed by atoms with Crippen LogP contribution in [-0.4, -0.2) is 17.4 Å². The lowest BCUT2D eigenvalue weighted by atomic mass is 10.1. The first-order valence-corrected chi connectivity index (χ1v) is 5.56. The number of benzene rings is 1. The first-order valence-electron chi connectivity index (χ1n) is 4.80. The third kappa shape index (κ3) is 2.25. The van der Waals surface area contributed by atoms with E-state index in [1.807, 2.05) is 0 Å². The van der Waals surface area contributed by atoms with Gasteiger partial charge in [0.05, 0.1) is 15.6 Å². The van der Waals surface area contributed by atoms with E-state index in [2.05, 4.69) is 0 Å². The maximum atomic E-state index is 10.9. The average molecular weight is 285 g/mol. The minimum Gasteiger partial charge on any atom is -0.478 e. The Morgan fingerprint density at radius 2 is 2.00 bits per heavy atom. The second kappa shape index (κ2) is 4.84. The molecule has 0 radical (unpaired) electrons. The summed E-state index contributed by atoms with van der Waals surface area (Å²) in [5.41, 5.74) is 0.318. The van der Waals surface area contributed by atoms with Gasteiger partial charge in [-0.1, -0.05) is 23.2 Å². The summed E-state index contributed by atoms with van der Waals surface area (Å²) in [5.74, 6) is -0.720. The lowest BCUT2D eigenvalue weighted by molar-refractivity contribution is 0.0696. The van der Waals surface area contributed by atoms with Crippen LogP contribution in [0.2, 0.25) is 10.0 Å². The molecular formula is C12H6Cl2O4. The van der Waals surface area contributed by atoms with Gasteiger partial charge in [-0.25, -0.2) is 4.79 Å². The van der Waals surface area contributed by atoms with E-state index < -0.39 is 5.97 Å². The van der Waals surface area contributed by atoms with Crippen LogP contribution in [0.25, 0.3) is 11.3 Å². The number of hydrogen-bond donors (Lipinski definition) is 1. The van der Waals surface area contributed by atoms with Crippen LogP contribution in [0.1, 0.15) is 20.9 Å². The summed E-state index contributed by atoms with van der Waals surface area (Å²) in [6.07, 6.45) is 0.542. The van der Waals surface area contributed by atoms with Crippen LogP contribution in [0.4, 0.5) is 0 Å².